The molecule has 1 atom stereocenters. The Hall–Kier alpha value is -0.380. The second-order valence-electron chi connectivity index (χ2n) is 4.38. The van der Waals surface area contributed by atoms with Crippen LogP contribution in [0.2, 0.25) is 25.1 Å². The van der Waals surface area contributed by atoms with Gasteiger partial charge in [-0.05, 0) is 30.7 Å². The van der Waals surface area contributed by atoms with E-state index >= 15 is 0 Å². The number of anilines is 1. The predicted molar refractivity (Wildman–Crippen MR) is 89.9 cm³/mol. The highest BCUT2D eigenvalue weighted by Gasteiger charge is 2.17. The van der Waals surface area contributed by atoms with Crippen LogP contribution in [0.15, 0.2) is 24.3 Å². The highest BCUT2D eigenvalue weighted by atomic mass is 35.5. The summed E-state index contributed by atoms with van der Waals surface area (Å²) >= 11 is 30.1. The zero-order valence-electron chi connectivity index (χ0n) is 10.7. The van der Waals surface area contributed by atoms with Crippen molar-refractivity contribution in [1.29, 1.82) is 0 Å². The molecular weight excluding hydrogens is 378 g/mol. The van der Waals surface area contributed by atoms with E-state index in [9.17, 15) is 4.39 Å². The Bertz CT molecular complexity index is 666. The topological polar surface area (TPSA) is 12.0 Å². The average Bonchev–Trinajstić information content (AvgIpc) is 2.40. The van der Waals surface area contributed by atoms with Gasteiger partial charge in [0.05, 0.1) is 36.8 Å². The molecule has 112 valence electrons. The quantitative estimate of drug-likeness (QED) is 0.546. The van der Waals surface area contributed by atoms with Crippen LogP contribution in [-0.2, 0) is 0 Å². The van der Waals surface area contributed by atoms with Crippen molar-refractivity contribution in [1.82, 2.24) is 0 Å². The Morgan fingerprint density at radius 2 is 1.48 bits per heavy atom. The lowest BCUT2D eigenvalue weighted by Crippen LogP contribution is -2.08. The van der Waals surface area contributed by atoms with Crippen molar-refractivity contribution in [2.24, 2.45) is 0 Å². The van der Waals surface area contributed by atoms with Crippen molar-refractivity contribution in [3.05, 3.63) is 60.8 Å². The summed E-state index contributed by atoms with van der Waals surface area (Å²) in [5.74, 6) is -0.504. The fourth-order valence-corrected chi connectivity index (χ4v) is 3.13. The van der Waals surface area contributed by atoms with Crippen LogP contribution in [0.5, 0.6) is 0 Å². The molecule has 0 saturated carbocycles. The van der Waals surface area contributed by atoms with Crippen LogP contribution >= 0.6 is 58.0 Å². The van der Waals surface area contributed by atoms with Crippen LogP contribution < -0.4 is 5.32 Å². The standard InChI is InChI=1S/C14H9Cl5FN/c1-6(8-2-3-9(15)13(19)12(8)18)21-14-10(16)4-7(20)5-11(14)17/h2-6,21H,1H3. The van der Waals surface area contributed by atoms with E-state index in [1.54, 1.807) is 12.1 Å². The summed E-state index contributed by atoms with van der Waals surface area (Å²) in [6, 6.07) is 5.50. The van der Waals surface area contributed by atoms with Crippen molar-refractivity contribution < 1.29 is 4.39 Å². The number of nitrogens with one attached hydrogen (secondary N) is 1. The molecule has 2 aromatic rings. The molecule has 7 heteroatoms. The second kappa shape index (κ2) is 6.80. The van der Waals surface area contributed by atoms with Gasteiger partial charge >= 0.3 is 0 Å². The third kappa shape index (κ3) is 3.69. The molecule has 21 heavy (non-hydrogen) atoms. The molecule has 0 radical (unpaired) electrons. The SMILES string of the molecule is CC(Nc1c(Cl)cc(F)cc1Cl)c1ccc(Cl)c(Cl)c1Cl. The van der Waals surface area contributed by atoms with Crippen LogP contribution in [0, 0.1) is 5.82 Å². The van der Waals surface area contributed by atoms with E-state index in [1.165, 1.54) is 12.1 Å². The number of rotatable bonds is 3. The van der Waals surface area contributed by atoms with Gasteiger partial charge in [-0.25, -0.2) is 4.39 Å². The van der Waals surface area contributed by atoms with Crippen LogP contribution in [-0.4, -0.2) is 0 Å². The van der Waals surface area contributed by atoms with Crippen molar-refractivity contribution >= 4 is 63.7 Å². The first-order valence-corrected chi connectivity index (χ1v) is 7.74. The monoisotopic (exact) mass is 385 g/mol. The van der Waals surface area contributed by atoms with E-state index in [-0.39, 0.29) is 21.1 Å². The van der Waals surface area contributed by atoms with E-state index in [1.807, 2.05) is 6.92 Å². The maximum Gasteiger partial charge on any atom is 0.126 e. The van der Waals surface area contributed by atoms with Crippen molar-refractivity contribution in [3.8, 4) is 0 Å². The summed E-state index contributed by atoms with van der Waals surface area (Å²) in [6.45, 7) is 1.85. The van der Waals surface area contributed by atoms with Crippen LogP contribution in [0.1, 0.15) is 18.5 Å². The Labute approximate surface area is 146 Å². The Kier molecular flexibility index (Phi) is 5.50. The van der Waals surface area contributed by atoms with Gasteiger partial charge in [-0.1, -0.05) is 64.1 Å². The van der Waals surface area contributed by atoms with E-state index in [0.29, 0.717) is 15.7 Å². The maximum atomic E-state index is 13.2. The van der Waals surface area contributed by atoms with Crippen LogP contribution in [0.3, 0.4) is 0 Å². The normalized spacial score (nSPS) is 12.3. The lowest BCUT2D eigenvalue weighted by molar-refractivity contribution is 0.628. The summed E-state index contributed by atoms with van der Waals surface area (Å²) < 4.78 is 13.2. The number of halogens is 6. The summed E-state index contributed by atoms with van der Waals surface area (Å²) in [7, 11) is 0. The minimum Gasteiger partial charge on any atom is -0.376 e. The third-order valence-electron chi connectivity index (χ3n) is 2.90. The van der Waals surface area contributed by atoms with Gasteiger partial charge in [0, 0.05) is 0 Å². The zero-order valence-corrected chi connectivity index (χ0v) is 14.4. The predicted octanol–water partition coefficient (Wildman–Crippen LogP) is 7.27. The molecule has 1 N–H and O–H groups in total. The number of hydrogen-bond acceptors (Lipinski definition) is 1. The molecule has 0 bridgehead atoms. The smallest absolute Gasteiger partial charge is 0.126 e. The number of hydrogen-bond donors (Lipinski definition) is 1. The average molecular weight is 387 g/mol. The largest absolute Gasteiger partial charge is 0.376 e. The van der Waals surface area contributed by atoms with Crippen molar-refractivity contribution in [2.75, 3.05) is 5.32 Å². The molecule has 0 amide bonds. The molecule has 0 aromatic heterocycles. The third-order valence-corrected chi connectivity index (χ3v) is 4.80. The molecule has 0 aliphatic rings. The molecule has 0 saturated heterocycles. The van der Waals surface area contributed by atoms with E-state index in [4.69, 9.17) is 58.0 Å². The van der Waals surface area contributed by atoms with E-state index < -0.39 is 5.82 Å². The molecule has 0 spiro atoms. The fourth-order valence-electron chi connectivity index (χ4n) is 1.85. The van der Waals surface area contributed by atoms with Gasteiger partial charge in [-0.2, -0.15) is 0 Å². The molecule has 2 rings (SSSR count). The Morgan fingerprint density at radius 3 is 2.05 bits per heavy atom. The first-order valence-electron chi connectivity index (χ1n) is 5.85. The Balaban J connectivity index is 2.35. The number of benzene rings is 2. The summed E-state index contributed by atoms with van der Waals surface area (Å²) in [5.41, 5.74) is 1.15. The first-order chi connectivity index (χ1) is 9.81. The van der Waals surface area contributed by atoms with Gasteiger partial charge < -0.3 is 5.32 Å². The lowest BCUT2D eigenvalue weighted by Gasteiger charge is -2.19. The highest BCUT2D eigenvalue weighted by molar-refractivity contribution is 6.48. The minimum absolute atomic E-state index is 0.183. The molecule has 0 aliphatic carbocycles. The molecular formula is C14H9Cl5FN. The van der Waals surface area contributed by atoms with E-state index in [0.717, 1.165) is 5.56 Å². The zero-order chi connectivity index (χ0) is 15.7. The lowest BCUT2D eigenvalue weighted by atomic mass is 10.1. The Morgan fingerprint density at radius 1 is 0.905 bits per heavy atom. The van der Waals surface area contributed by atoms with E-state index in [2.05, 4.69) is 5.32 Å². The van der Waals surface area contributed by atoms with Crippen molar-refractivity contribution in [2.45, 2.75) is 13.0 Å². The molecule has 0 heterocycles. The first kappa shape index (κ1) is 17.0. The fraction of sp³-hybridized carbons (Fsp3) is 0.143. The van der Waals surface area contributed by atoms with Crippen LogP contribution in [0.25, 0.3) is 0 Å². The highest BCUT2D eigenvalue weighted by Crippen LogP contribution is 2.38. The van der Waals surface area contributed by atoms with Crippen LogP contribution in [0.4, 0.5) is 10.1 Å². The van der Waals surface area contributed by atoms with Gasteiger partial charge in [0.25, 0.3) is 0 Å². The van der Waals surface area contributed by atoms with Crippen molar-refractivity contribution in [3.63, 3.8) is 0 Å². The summed E-state index contributed by atoms with van der Waals surface area (Å²) in [6.07, 6.45) is 0. The summed E-state index contributed by atoms with van der Waals surface area (Å²) in [5, 5.41) is 4.45. The minimum atomic E-state index is -0.504. The molecule has 1 unspecified atom stereocenters. The molecule has 2 aromatic carbocycles. The molecule has 0 fully saturated rings. The van der Waals surface area contributed by atoms with Gasteiger partial charge in [-0.15, -0.1) is 0 Å². The second-order valence-corrected chi connectivity index (χ2v) is 6.35. The van der Waals surface area contributed by atoms with Gasteiger partial charge in [0.2, 0.25) is 0 Å². The molecule has 0 aliphatic heterocycles. The summed E-state index contributed by atoms with van der Waals surface area (Å²) in [4.78, 5) is 0. The molecule has 1 nitrogen and oxygen atoms in total. The van der Waals surface area contributed by atoms with Gasteiger partial charge in [0.15, 0.2) is 0 Å². The van der Waals surface area contributed by atoms with Gasteiger partial charge in [0.1, 0.15) is 5.82 Å². The van der Waals surface area contributed by atoms with Gasteiger partial charge in [-0.3, -0.25) is 0 Å². The maximum absolute atomic E-state index is 13.2.